The zero-order valence-corrected chi connectivity index (χ0v) is 12.5. The number of aromatic hydroxyl groups is 1. The highest BCUT2D eigenvalue weighted by atomic mass is 19.4. The number of phenolic OH excluding ortho intramolecular Hbond substituents is 1. The average Bonchev–Trinajstić information content (AvgIpc) is 2.86. The molecule has 0 atom stereocenters. The van der Waals surface area contributed by atoms with Crippen molar-refractivity contribution < 1.29 is 27.8 Å². The predicted molar refractivity (Wildman–Crippen MR) is 81.5 cm³/mol. The number of carbonyl (C=O) groups is 1. The Bertz CT molecular complexity index is 787. The lowest BCUT2D eigenvalue weighted by molar-refractivity contribution is -0.274. The number of rotatable bonds is 4. The van der Waals surface area contributed by atoms with Crippen LogP contribution < -0.4 is 10.1 Å². The van der Waals surface area contributed by atoms with Gasteiger partial charge in [0.2, 0.25) is 0 Å². The van der Waals surface area contributed by atoms with E-state index in [9.17, 15) is 23.1 Å². The Morgan fingerprint density at radius 3 is 2.62 bits per heavy atom. The molecule has 0 fully saturated rings. The number of halogens is 3. The van der Waals surface area contributed by atoms with Crippen molar-refractivity contribution >= 4 is 11.5 Å². The molecule has 2 aromatic carbocycles. The van der Waals surface area contributed by atoms with E-state index in [1.165, 1.54) is 24.3 Å². The van der Waals surface area contributed by atoms with E-state index < -0.39 is 6.36 Å². The molecule has 0 saturated heterocycles. The number of benzene rings is 2. The quantitative estimate of drug-likeness (QED) is 0.893. The highest BCUT2D eigenvalue weighted by molar-refractivity contribution is 6.10. The van der Waals surface area contributed by atoms with E-state index in [1.54, 1.807) is 12.1 Å². The smallest absolute Gasteiger partial charge is 0.507 e. The molecule has 1 aliphatic rings. The van der Waals surface area contributed by atoms with E-state index >= 15 is 0 Å². The van der Waals surface area contributed by atoms with Gasteiger partial charge in [0.15, 0.2) is 5.78 Å². The molecule has 0 saturated carbocycles. The van der Waals surface area contributed by atoms with Crippen molar-refractivity contribution in [3.05, 3.63) is 53.1 Å². The summed E-state index contributed by atoms with van der Waals surface area (Å²) in [4.78, 5) is 11.6. The molecular formula is C17H14F3NO3. The molecule has 0 radical (unpaired) electrons. The lowest BCUT2D eigenvalue weighted by Gasteiger charge is -2.10. The number of carbonyl (C=O) groups excluding carboxylic acids is 1. The molecule has 0 amide bonds. The minimum absolute atomic E-state index is 0.0772. The molecule has 126 valence electrons. The van der Waals surface area contributed by atoms with Crippen LogP contribution >= 0.6 is 0 Å². The van der Waals surface area contributed by atoms with E-state index in [0.717, 1.165) is 5.56 Å². The van der Waals surface area contributed by atoms with Gasteiger partial charge in [-0.25, -0.2) is 0 Å². The van der Waals surface area contributed by atoms with Crippen LogP contribution in [-0.4, -0.2) is 23.8 Å². The maximum atomic E-state index is 12.2. The predicted octanol–water partition coefficient (Wildman–Crippen LogP) is 3.68. The maximum absolute atomic E-state index is 12.2. The zero-order valence-electron chi connectivity index (χ0n) is 12.5. The van der Waals surface area contributed by atoms with Crippen molar-refractivity contribution in [1.82, 2.24) is 0 Å². The molecule has 0 aliphatic carbocycles. The number of aryl methyl sites for hydroxylation is 2. The summed E-state index contributed by atoms with van der Waals surface area (Å²) in [6.45, 7) is 0.156. The highest BCUT2D eigenvalue weighted by Crippen LogP contribution is 2.32. The first-order valence-electron chi connectivity index (χ1n) is 7.29. The van der Waals surface area contributed by atoms with E-state index in [-0.39, 0.29) is 23.8 Å². The topological polar surface area (TPSA) is 58.6 Å². The first-order valence-corrected chi connectivity index (χ1v) is 7.29. The van der Waals surface area contributed by atoms with Gasteiger partial charge in [-0.2, -0.15) is 0 Å². The third-order valence-corrected chi connectivity index (χ3v) is 3.73. The minimum Gasteiger partial charge on any atom is -0.507 e. The summed E-state index contributed by atoms with van der Waals surface area (Å²) in [5.41, 5.74) is 2.35. The van der Waals surface area contributed by atoms with Gasteiger partial charge in [0, 0.05) is 5.69 Å². The summed E-state index contributed by atoms with van der Waals surface area (Å²) >= 11 is 0. The Morgan fingerprint density at radius 1 is 1.12 bits per heavy atom. The van der Waals surface area contributed by atoms with Crippen molar-refractivity contribution in [1.29, 1.82) is 0 Å². The molecule has 3 rings (SSSR count). The van der Waals surface area contributed by atoms with Gasteiger partial charge in [-0.3, -0.25) is 4.79 Å². The summed E-state index contributed by atoms with van der Waals surface area (Å²) in [5.74, 6) is -0.498. The Balaban J connectivity index is 1.72. The van der Waals surface area contributed by atoms with Crippen LogP contribution in [0.5, 0.6) is 11.5 Å². The molecule has 7 heteroatoms. The van der Waals surface area contributed by atoms with Crippen LogP contribution in [0.1, 0.15) is 21.5 Å². The summed E-state index contributed by atoms with van der Waals surface area (Å²) in [5, 5.41) is 12.9. The van der Waals surface area contributed by atoms with Crippen LogP contribution in [0.2, 0.25) is 0 Å². The van der Waals surface area contributed by atoms with Crippen LogP contribution in [-0.2, 0) is 12.8 Å². The van der Waals surface area contributed by atoms with Gasteiger partial charge in [0.05, 0.1) is 12.1 Å². The number of fused-ring (bicyclic) bond motifs is 1. The molecule has 0 aromatic heterocycles. The fourth-order valence-electron chi connectivity index (χ4n) is 2.71. The van der Waals surface area contributed by atoms with Crippen LogP contribution in [0.3, 0.4) is 0 Å². The first kappa shape index (κ1) is 16.2. The van der Waals surface area contributed by atoms with E-state index in [0.29, 0.717) is 29.7 Å². The lowest BCUT2D eigenvalue weighted by Crippen LogP contribution is -2.17. The van der Waals surface area contributed by atoms with E-state index in [4.69, 9.17) is 0 Å². The number of nitrogens with one attached hydrogen (secondary N) is 1. The SMILES string of the molecule is O=C1CNc2cc(CCc3cccc(OC(F)(F)F)c3)cc(O)c21. The molecule has 2 N–H and O–H groups in total. The number of hydrogen-bond acceptors (Lipinski definition) is 4. The number of anilines is 1. The number of hydrogen-bond donors (Lipinski definition) is 2. The van der Waals surface area contributed by atoms with Gasteiger partial charge in [-0.1, -0.05) is 12.1 Å². The summed E-state index contributed by atoms with van der Waals surface area (Å²) < 4.78 is 40.6. The molecule has 1 heterocycles. The van der Waals surface area contributed by atoms with E-state index in [1.807, 2.05) is 0 Å². The number of Topliss-reactive ketones (excluding diaryl/α,β-unsaturated/α-hetero) is 1. The van der Waals surface area contributed by atoms with Crippen molar-refractivity contribution in [3.8, 4) is 11.5 Å². The Kier molecular flexibility index (Phi) is 4.09. The van der Waals surface area contributed by atoms with Crippen molar-refractivity contribution in [2.45, 2.75) is 19.2 Å². The second kappa shape index (κ2) is 6.07. The standard InChI is InChI=1S/C17H14F3NO3/c18-17(19,20)24-12-3-1-2-10(6-12)4-5-11-7-13-16(14(22)8-11)15(23)9-21-13/h1-3,6-8,21-22H,4-5,9H2. The fraction of sp³-hybridized carbons (Fsp3) is 0.235. The molecule has 0 bridgehead atoms. The van der Waals surface area contributed by atoms with Gasteiger partial charge in [-0.15, -0.1) is 13.2 Å². The van der Waals surface area contributed by atoms with Crippen LogP contribution in [0.4, 0.5) is 18.9 Å². The van der Waals surface area contributed by atoms with Gasteiger partial charge >= 0.3 is 6.36 Å². The normalized spacial score (nSPS) is 13.5. The molecule has 4 nitrogen and oxygen atoms in total. The zero-order chi connectivity index (χ0) is 17.3. The van der Waals surface area contributed by atoms with Gasteiger partial charge < -0.3 is 15.2 Å². The lowest BCUT2D eigenvalue weighted by atomic mass is 10.0. The maximum Gasteiger partial charge on any atom is 0.573 e. The summed E-state index contributed by atoms with van der Waals surface area (Å²) in [7, 11) is 0. The molecular weight excluding hydrogens is 323 g/mol. The second-order valence-corrected chi connectivity index (χ2v) is 5.51. The Morgan fingerprint density at radius 2 is 1.88 bits per heavy atom. The molecule has 0 spiro atoms. The minimum atomic E-state index is -4.72. The van der Waals surface area contributed by atoms with Crippen LogP contribution in [0.15, 0.2) is 36.4 Å². The van der Waals surface area contributed by atoms with Crippen LogP contribution in [0, 0.1) is 0 Å². The van der Waals surface area contributed by atoms with Crippen LogP contribution in [0.25, 0.3) is 0 Å². The number of alkyl halides is 3. The summed E-state index contributed by atoms with van der Waals surface area (Å²) in [6.07, 6.45) is -3.74. The molecule has 0 unspecified atom stereocenters. The monoisotopic (exact) mass is 337 g/mol. The fourth-order valence-corrected chi connectivity index (χ4v) is 2.71. The number of ether oxygens (including phenoxy) is 1. The molecule has 24 heavy (non-hydrogen) atoms. The largest absolute Gasteiger partial charge is 0.573 e. The summed E-state index contributed by atoms with van der Waals surface area (Å²) in [6, 6.07) is 9.07. The van der Waals surface area contributed by atoms with Gasteiger partial charge in [0.25, 0.3) is 0 Å². The van der Waals surface area contributed by atoms with Gasteiger partial charge in [0.1, 0.15) is 11.5 Å². The highest BCUT2D eigenvalue weighted by Gasteiger charge is 2.31. The van der Waals surface area contributed by atoms with Crippen molar-refractivity contribution in [2.75, 3.05) is 11.9 Å². The van der Waals surface area contributed by atoms with Crippen molar-refractivity contribution in [2.24, 2.45) is 0 Å². The first-order chi connectivity index (χ1) is 11.3. The third kappa shape index (κ3) is 3.61. The number of phenols is 1. The molecule has 2 aromatic rings. The Labute approximate surface area is 135 Å². The van der Waals surface area contributed by atoms with Gasteiger partial charge in [-0.05, 0) is 48.2 Å². The Hall–Kier alpha value is -2.70. The number of ketones is 1. The molecule has 1 aliphatic heterocycles. The second-order valence-electron chi connectivity index (χ2n) is 5.51. The average molecular weight is 337 g/mol. The van der Waals surface area contributed by atoms with Crippen molar-refractivity contribution in [3.63, 3.8) is 0 Å². The van der Waals surface area contributed by atoms with E-state index in [2.05, 4.69) is 10.1 Å². The third-order valence-electron chi connectivity index (χ3n) is 3.73.